The molecule has 0 bridgehead atoms. The third-order valence-corrected chi connectivity index (χ3v) is 4.45. The largest absolute Gasteiger partial charge is 0.507 e. The van der Waals surface area contributed by atoms with Gasteiger partial charge in [-0.1, -0.05) is 37.3 Å². The highest BCUT2D eigenvalue weighted by Gasteiger charge is 2.20. The maximum absolute atomic E-state index is 12.4. The van der Waals surface area contributed by atoms with Gasteiger partial charge in [-0.15, -0.1) is 0 Å². The van der Waals surface area contributed by atoms with Crippen molar-refractivity contribution in [2.24, 2.45) is 0 Å². The Morgan fingerprint density at radius 1 is 1.08 bits per heavy atom. The Labute approximate surface area is 153 Å². The molecule has 0 aliphatic carbocycles. The van der Waals surface area contributed by atoms with E-state index in [-0.39, 0.29) is 11.5 Å². The van der Waals surface area contributed by atoms with E-state index in [0.29, 0.717) is 41.0 Å². The maximum atomic E-state index is 12.4. The summed E-state index contributed by atoms with van der Waals surface area (Å²) in [5, 5.41) is 11.9. The Bertz CT molecular complexity index is 946. The average molecular weight is 350 g/mol. The molecule has 134 valence electrons. The van der Waals surface area contributed by atoms with Gasteiger partial charge < -0.3 is 14.6 Å². The van der Waals surface area contributed by atoms with Crippen LogP contribution in [0.1, 0.15) is 34.8 Å². The molecule has 0 heterocycles. The van der Waals surface area contributed by atoms with Crippen LogP contribution in [0.15, 0.2) is 48.5 Å². The number of carbonyl (C=O) groups excluding carboxylic acids is 1. The monoisotopic (exact) mass is 350 g/mol. The lowest BCUT2D eigenvalue weighted by atomic mass is 9.95. The number of hydrogen-bond donors (Lipinski definition) is 1. The van der Waals surface area contributed by atoms with Gasteiger partial charge in [0.25, 0.3) is 0 Å². The van der Waals surface area contributed by atoms with E-state index in [2.05, 4.69) is 0 Å². The summed E-state index contributed by atoms with van der Waals surface area (Å²) in [6.45, 7) is 3.95. The summed E-state index contributed by atoms with van der Waals surface area (Å²) in [5.74, 6) is 1.09. The number of benzene rings is 3. The van der Waals surface area contributed by atoms with Crippen LogP contribution >= 0.6 is 0 Å². The molecule has 0 radical (unpaired) electrons. The van der Waals surface area contributed by atoms with Crippen molar-refractivity contribution in [3.05, 3.63) is 65.2 Å². The van der Waals surface area contributed by atoms with Gasteiger partial charge in [-0.25, -0.2) is 0 Å². The van der Waals surface area contributed by atoms with Crippen LogP contribution in [0, 0.1) is 6.92 Å². The third-order valence-electron chi connectivity index (χ3n) is 4.45. The standard InChI is InChI=1S/C22H22O4/c1-4-18(23)20-16-10-11-19(25-3)22(17(16)12-14(2)21(20)24)26-13-15-8-6-5-7-9-15/h5-12,24H,4,13H2,1-3H3. The second-order valence-corrected chi connectivity index (χ2v) is 6.16. The van der Waals surface area contributed by atoms with Gasteiger partial charge in [0.15, 0.2) is 17.3 Å². The summed E-state index contributed by atoms with van der Waals surface area (Å²) < 4.78 is 11.5. The molecule has 0 fully saturated rings. The zero-order valence-electron chi connectivity index (χ0n) is 15.2. The number of carbonyl (C=O) groups is 1. The van der Waals surface area contributed by atoms with Gasteiger partial charge in [-0.05, 0) is 36.2 Å². The molecular formula is C22H22O4. The normalized spacial score (nSPS) is 10.7. The molecule has 3 aromatic carbocycles. The van der Waals surface area contributed by atoms with Crippen molar-refractivity contribution in [2.75, 3.05) is 7.11 Å². The molecule has 26 heavy (non-hydrogen) atoms. The average Bonchev–Trinajstić information content (AvgIpc) is 2.67. The molecule has 0 amide bonds. The molecule has 1 N–H and O–H groups in total. The molecule has 4 nitrogen and oxygen atoms in total. The fourth-order valence-corrected chi connectivity index (χ4v) is 3.05. The highest BCUT2D eigenvalue weighted by molar-refractivity contribution is 6.12. The molecule has 0 aliphatic rings. The zero-order chi connectivity index (χ0) is 18.7. The number of phenolic OH excluding ortho intramolecular Hbond substituents is 1. The van der Waals surface area contributed by atoms with Crippen molar-refractivity contribution in [1.82, 2.24) is 0 Å². The van der Waals surface area contributed by atoms with Crippen molar-refractivity contribution in [3.63, 3.8) is 0 Å². The van der Waals surface area contributed by atoms with Crippen molar-refractivity contribution in [3.8, 4) is 17.2 Å². The minimum atomic E-state index is -0.102. The Kier molecular flexibility index (Phi) is 5.12. The highest BCUT2D eigenvalue weighted by atomic mass is 16.5. The number of methoxy groups -OCH3 is 1. The molecule has 0 aliphatic heterocycles. The summed E-state index contributed by atoms with van der Waals surface area (Å²) >= 11 is 0. The fourth-order valence-electron chi connectivity index (χ4n) is 3.05. The van der Waals surface area contributed by atoms with E-state index in [1.165, 1.54) is 0 Å². The lowest BCUT2D eigenvalue weighted by Gasteiger charge is -2.17. The Balaban J connectivity index is 2.17. The van der Waals surface area contributed by atoms with Crippen LogP contribution in [0.2, 0.25) is 0 Å². The molecule has 0 saturated carbocycles. The first kappa shape index (κ1) is 17.8. The minimum absolute atomic E-state index is 0.0310. The molecule has 4 heteroatoms. The topological polar surface area (TPSA) is 55.8 Å². The Hall–Kier alpha value is -3.01. The van der Waals surface area contributed by atoms with E-state index >= 15 is 0 Å². The summed E-state index contributed by atoms with van der Waals surface area (Å²) in [6.07, 6.45) is 0.318. The SMILES string of the molecule is CCC(=O)c1c(O)c(C)cc2c(OCc3ccccc3)c(OC)ccc12. The number of ether oxygens (including phenoxy) is 2. The Morgan fingerprint density at radius 3 is 2.46 bits per heavy atom. The number of hydrogen-bond acceptors (Lipinski definition) is 4. The first-order valence-electron chi connectivity index (χ1n) is 8.60. The van der Waals surface area contributed by atoms with E-state index in [0.717, 1.165) is 10.9 Å². The van der Waals surface area contributed by atoms with Gasteiger partial charge in [0.1, 0.15) is 12.4 Å². The Morgan fingerprint density at radius 2 is 1.81 bits per heavy atom. The lowest BCUT2D eigenvalue weighted by Crippen LogP contribution is -2.03. The molecule has 0 saturated heterocycles. The van der Waals surface area contributed by atoms with E-state index < -0.39 is 0 Å². The van der Waals surface area contributed by atoms with E-state index in [9.17, 15) is 9.90 Å². The first-order chi connectivity index (χ1) is 12.6. The predicted octanol–water partition coefficient (Wildman–Crippen LogP) is 5.03. The second-order valence-electron chi connectivity index (χ2n) is 6.16. The summed E-state index contributed by atoms with van der Waals surface area (Å²) in [4.78, 5) is 12.4. The van der Waals surface area contributed by atoms with Gasteiger partial charge in [-0.2, -0.15) is 0 Å². The quantitative estimate of drug-likeness (QED) is 0.633. The van der Waals surface area contributed by atoms with Crippen LogP contribution < -0.4 is 9.47 Å². The van der Waals surface area contributed by atoms with Gasteiger partial charge in [0, 0.05) is 17.2 Å². The molecule has 0 unspecified atom stereocenters. The fraction of sp³-hybridized carbons (Fsp3) is 0.227. The molecule has 0 atom stereocenters. The van der Waals surface area contributed by atoms with E-state index in [4.69, 9.17) is 9.47 Å². The van der Waals surface area contributed by atoms with Gasteiger partial charge >= 0.3 is 0 Å². The van der Waals surface area contributed by atoms with Crippen molar-refractivity contribution in [2.45, 2.75) is 26.9 Å². The third kappa shape index (κ3) is 3.23. The molecule has 3 rings (SSSR count). The zero-order valence-corrected chi connectivity index (χ0v) is 15.2. The van der Waals surface area contributed by atoms with Crippen LogP contribution in [0.5, 0.6) is 17.2 Å². The molecule has 0 spiro atoms. The van der Waals surface area contributed by atoms with Crippen LogP contribution in [-0.2, 0) is 6.61 Å². The van der Waals surface area contributed by atoms with Gasteiger partial charge in [0.2, 0.25) is 0 Å². The highest BCUT2D eigenvalue weighted by Crippen LogP contribution is 2.41. The number of phenols is 1. The number of Topliss-reactive ketones (excluding diaryl/α,β-unsaturated/α-hetero) is 1. The second kappa shape index (κ2) is 7.48. The van der Waals surface area contributed by atoms with E-state index in [1.807, 2.05) is 36.4 Å². The van der Waals surface area contributed by atoms with Crippen LogP contribution in [-0.4, -0.2) is 18.0 Å². The summed E-state index contributed by atoms with van der Waals surface area (Å²) in [5.41, 5.74) is 2.01. The molecular weight excluding hydrogens is 328 g/mol. The smallest absolute Gasteiger partial charge is 0.169 e. The molecule has 3 aromatic rings. The van der Waals surface area contributed by atoms with Crippen molar-refractivity contribution < 1.29 is 19.4 Å². The van der Waals surface area contributed by atoms with Crippen LogP contribution in [0.3, 0.4) is 0 Å². The van der Waals surface area contributed by atoms with Gasteiger partial charge in [-0.3, -0.25) is 4.79 Å². The van der Waals surface area contributed by atoms with Crippen molar-refractivity contribution in [1.29, 1.82) is 0 Å². The lowest BCUT2D eigenvalue weighted by molar-refractivity contribution is 0.0987. The van der Waals surface area contributed by atoms with Crippen LogP contribution in [0.25, 0.3) is 10.8 Å². The number of rotatable bonds is 6. The molecule has 0 aromatic heterocycles. The summed E-state index contributed by atoms with van der Waals surface area (Å²) in [6, 6.07) is 15.2. The van der Waals surface area contributed by atoms with Crippen LogP contribution in [0.4, 0.5) is 0 Å². The first-order valence-corrected chi connectivity index (χ1v) is 8.60. The van der Waals surface area contributed by atoms with Gasteiger partial charge in [0.05, 0.1) is 12.7 Å². The summed E-state index contributed by atoms with van der Waals surface area (Å²) in [7, 11) is 1.59. The predicted molar refractivity (Wildman–Crippen MR) is 102 cm³/mol. The number of aryl methyl sites for hydroxylation is 1. The number of ketones is 1. The minimum Gasteiger partial charge on any atom is -0.507 e. The number of aromatic hydroxyl groups is 1. The number of fused-ring (bicyclic) bond motifs is 1. The maximum Gasteiger partial charge on any atom is 0.169 e. The van der Waals surface area contributed by atoms with E-state index in [1.54, 1.807) is 33.1 Å². The van der Waals surface area contributed by atoms with Crippen molar-refractivity contribution >= 4 is 16.6 Å².